The van der Waals surface area contributed by atoms with Gasteiger partial charge in [-0.25, -0.2) is 0 Å². The molecule has 0 amide bonds. The van der Waals surface area contributed by atoms with Crippen molar-refractivity contribution in [3.63, 3.8) is 0 Å². The summed E-state index contributed by atoms with van der Waals surface area (Å²) in [5.41, 5.74) is 4.55. The van der Waals surface area contributed by atoms with Crippen LogP contribution in [0.2, 0.25) is 10.0 Å². The van der Waals surface area contributed by atoms with Gasteiger partial charge in [-0.3, -0.25) is 0 Å². The topological polar surface area (TPSA) is 42.7 Å². The SMILES string of the molecule is C[C@H](NCc1nn(Cc2ccc(Cl)c(Cl)c2)nc1-c1ccccc1)C12CC3CC(CC(C3)C1)C2. The number of hydrogen-bond donors (Lipinski definition) is 1. The fourth-order valence-electron chi connectivity index (χ4n) is 7.37. The molecule has 7 rings (SSSR count). The average Bonchev–Trinajstić information content (AvgIpc) is 3.22. The second-order valence-electron chi connectivity index (χ2n) is 11.0. The normalized spacial score (nSPS) is 28.4. The Morgan fingerprint density at radius 2 is 1.62 bits per heavy atom. The fraction of sp³-hybridized carbons (Fsp3) is 0.500. The third kappa shape index (κ3) is 4.29. The molecule has 1 aromatic heterocycles. The zero-order chi connectivity index (χ0) is 23.3. The van der Waals surface area contributed by atoms with Gasteiger partial charge in [0, 0.05) is 18.2 Å². The highest BCUT2D eigenvalue weighted by molar-refractivity contribution is 6.42. The van der Waals surface area contributed by atoms with Crippen LogP contribution in [-0.4, -0.2) is 21.0 Å². The Balaban J connectivity index is 1.23. The van der Waals surface area contributed by atoms with E-state index in [0.717, 1.165) is 46.8 Å². The molecule has 1 atom stereocenters. The molecule has 0 saturated heterocycles. The number of nitrogens with one attached hydrogen (secondary N) is 1. The Kier molecular flexibility index (Phi) is 5.95. The summed E-state index contributed by atoms with van der Waals surface area (Å²) >= 11 is 12.3. The third-order valence-electron chi connectivity index (χ3n) is 8.66. The summed E-state index contributed by atoms with van der Waals surface area (Å²) < 4.78 is 0. The van der Waals surface area contributed by atoms with Crippen LogP contribution >= 0.6 is 23.2 Å². The predicted molar refractivity (Wildman–Crippen MR) is 138 cm³/mol. The van der Waals surface area contributed by atoms with Crippen LogP contribution in [0, 0.1) is 23.2 Å². The zero-order valence-electron chi connectivity index (χ0n) is 19.7. The molecular weight excluding hydrogens is 463 g/mol. The maximum Gasteiger partial charge on any atom is 0.117 e. The Morgan fingerprint density at radius 3 is 2.26 bits per heavy atom. The van der Waals surface area contributed by atoms with Gasteiger partial charge in [0.05, 0.1) is 16.6 Å². The van der Waals surface area contributed by atoms with E-state index in [1.54, 1.807) is 4.80 Å². The van der Waals surface area contributed by atoms with Gasteiger partial charge < -0.3 is 5.32 Å². The molecule has 1 N–H and O–H groups in total. The highest BCUT2D eigenvalue weighted by atomic mass is 35.5. The van der Waals surface area contributed by atoms with E-state index in [2.05, 4.69) is 36.5 Å². The molecule has 34 heavy (non-hydrogen) atoms. The van der Waals surface area contributed by atoms with Crippen molar-refractivity contribution in [2.75, 3.05) is 0 Å². The minimum Gasteiger partial charge on any atom is -0.308 e. The molecule has 0 radical (unpaired) electrons. The van der Waals surface area contributed by atoms with Gasteiger partial charge in [0.15, 0.2) is 0 Å². The van der Waals surface area contributed by atoms with Crippen LogP contribution in [0.25, 0.3) is 11.3 Å². The molecule has 2 aromatic carbocycles. The molecule has 4 fully saturated rings. The highest BCUT2D eigenvalue weighted by Crippen LogP contribution is 2.61. The first kappa shape index (κ1) is 22.6. The van der Waals surface area contributed by atoms with E-state index in [4.69, 9.17) is 33.4 Å². The summed E-state index contributed by atoms with van der Waals surface area (Å²) in [5, 5.41) is 14.8. The van der Waals surface area contributed by atoms with Crippen molar-refractivity contribution < 1.29 is 0 Å². The Hall–Kier alpha value is -1.88. The molecular formula is C28H32Cl2N4. The zero-order valence-corrected chi connectivity index (χ0v) is 21.2. The minimum absolute atomic E-state index is 0.470. The lowest BCUT2D eigenvalue weighted by Gasteiger charge is -2.59. The van der Waals surface area contributed by atoms with E-state index >= 15 is 0 Å². The van der Waals surface area contributed by atoms with Gasteiger partial charge in [-0.1, -0.05) is 59.6 Å². The second kappa shape index (κ2) is 8.96. The van der Waals surface area contributed by atoms with Gasteiger partial charge in [-0.15, -0.1) is 0 Å². The van der Waals surface area contributed by atoms with E-state index in [-0.39, 0.29) is 0 Å². The molecule has 4 aliphatic rings. The Bertz CT molecular complexity index is 1140. The largest absolute Gasteiger partial charge is 0.308 e. The number of aromatic nitrogens is 3. The molecule has 178 valence electrons. The lowest BCUT2D eigenvalue weighted by molar-refractivity contribution is -0.0707. The van der Waals surface area contributed by atoms with E-state index in [1.165, 1.54) is 38.5 Å². The van der Waals surface area contributed by atoms with Crippen LogP contribution in [0.4, 0.5) is 0 Å². The predicted octanol–water partition coefficient (Wildman–Crippen LogP) is 6.99. The fourth-order valence-corrected chi connectivity index (χ4v) is 7.69. The lowest BCUT2D eigenvalue weighted by Crippen LogP contribution is -2.54. The highest BCUT2D eigenvalue weighted by Gasteiger charge is 2.52. The molecule has 6 heteroatoms. The van der Waals surface area contributed by atoms with Crippen LogP contribution in [0.3, 0.4) is 0 Å². The van der Waals surface area contributed by atoms with Crippen molar-refractivity contribution >= 4 is 23.2 Å². The molecule has 0 unspecified atom stereocenters. The van der Waals surface area contributed by atoms with E-state index < -0.39 is 0 Å². The van der Waals surface area contributed by atoms with Gasteiger partial charge in [0.1, 0.15) is 11.4 Å². The first-order chi connectivity index (χ1) is 16.5. The summed E-state index contributed by atoms with van der Waals surface area (Å²) in [6, 6.07) is 16.6. The maximum atomic E-state index is 6.23. The Labute approximate surface area is 212 Å². The summed E-state index contributed by atoms with van der Waals surface area (Å²) in [7, 11) is 0. The first-order valence-electron chi connectivity index (χ1n) is 12.6. The molecule has 0 spiro atoms. The van der Waals surface area contributed by atoms with Crippen LogP contribution in [0.1, 0.15) is 56.7 Å². The van der Waals surface area contributed by atoms with Gasteiger partial charge in [0.2, 0.25) is 0 Å². The van der Waals surface area contributed by atoms with Crippen molar-refractivity contribution in [3.8, 4) is 11.3 Å². The number of hydrogen-bond acceptors (Lipinski definition) is 3. The van der Waals surface area contributed by atoms with Crippen LogP contribution in [0.15, 0.2) is 48.5 Å². The first-order valence-corrected chi connectivity index (χ1v) is 13.4. The summed E-state index contributed by atoms with van der Waals surface area (Å²) in [6.45, 7) is 3.70. The molecule has 1 heterocycles. The molecule has 0 aliphatic heterocycles. The maximum absolute atomic E-state index is 6.23. The summed E-state index contributed by atoms with van der Waals surface area (Å²) in [4.78, 5) is 1.79. The van der Waals surface area contributed by atoms with Crippen LogP contribution in [0.5, 0.6) is 0 Å². The van der Waals surface area contributed by atoms with E-state index in [9.17, 15) is 0 Å². The lowest BCUT2D eigenvalue weighted by atomic mass is 9.48. The molecule has 3 aromatic rings. The Morgan fingerprint density at radius 1 is 0.941 bits per heavy atom. The summed E-state index contributed by atoms with van der Waals surface area (Å²) in [5.74, 6) is 2.88. The molecule has 4 aliphatic carbocycles. The van der Waals surface area contributed by atoms with E-state index in [0.29, 0.717) is 28.0 Å². The quantitative estimate of drug-likeness (QED) is 0.384. The van der Waals surface area contributed by atoms with Gasteiger partial charge in [-0.05, 0) is 86.3 Å². The second-order valence-corrected chi connectivity index (χ2v) is 11.8. The van der Waals surface area contributed by atoms with Crippen molar-refractivity contribution in [1.82, 2.24) is 20.3 Å². The third-order valence-corrected chi connectivity index (χ3v) is 9.40. The average molecular weight is 495 g/mol. The van der Waals surface area contributed by atoms with Gasteiger partial charge >= 0.3 is 0 Å². The van der Waals surface area contributed by atoms with Crippen LogP contribution in [-0.2, 0) is 13.1 Å². The van der Waals surface area contributed by atoms with Crippen molar-refractivity contribution in [1.29, 1.82) is 0 Å². The number of halogens is 2. The van der Waals surface area contributed by atoms with Gasteiger partial charge in [-0.2, -0.15) is 15.0 Å². The standard InChI is InChI=1S/C28H32Cl2N4/c1-18(28-13-20-9-21(14-28)11-22(10-20)15-28)31-16-26-27(23-5-3-2-4-6-23)33-34(32-26)17-19-7-8-24(29)25(30)12-19/h2-8,12,18,20-22,31H,9-11,13-17H2,1H3/t18-,20?,21?,22?,28?/m0/s1. The smallest absolute Gasteiger partial charge is 0.117 e. The minimum atomic E-state index is 0.470. The monoisotopic (exact) mass is 494 g/mol. The number of rotatable bonds is 7. The summed E-state index contributed by atoms with van der Waals surface area (Å²) in [6.07, 6.45) is 8.65. The number of benzene rings is 2. The molecule has 4 bridgehead atoms. The number of nitrogens with zero attached hydrogens (tertiary/aromatic N) is 3. The molecule has 4 saturated carbocycles. The van der Waals surface area contributed by atoms with Crippen molar-refractivity contribution in [2.45, 2.75) is 64.6 Å². The van der Waals surface area contributed by atoms with Gasteiger partial charge in [0.25, 0.3) is 0 Å². The van der Waals surface area contributed by atoms with Crippen molar-refractivity contribution in [2.24, 2.45) is 23.2 Å². The van der Waals surface area contributed by atoms with Crippen LogP contribution < -0.4 is 5.32 Å². The van der Waals surface area contributed by atoms with E-state index in [1.807, 2.05) is 24.3 Å². The van der Waals surface area contributed by atoms with Crippen molar-refractivity contribution in [3.05, 3.63) is 69.8 Å². The molecule has 4 nitrogen and oxygen atoms in total.